The van der Waals surface area contributed by atoms with Crippen LogP contribution in [0.15, 0.2) is 18.2 Å². The van der Waals surface area contributed by atoms with Gasteiger partial charge in [-0.05, 0) is 17.7 Å². The normalized spacial score (nSPS) is 12.1. The third-order valence-corrected chi connectivity index (χ3v) is 2.40. The molecule has 0 heterocycles. The van der Waals surface area contributed by atoms with E-state index in [0.29, 0.717) is 22.6 Å². The van der Waals surface area contributed by atoms with Crippen LogP contribution in [-0.4, -0.2) is 17.4 Å². The van der Waals surface area contributed by atoms with E-state index in [1.54, 1.807) is 6.07 Å². The predicted octanol–water partition coefficient (Wildman–Crippen LogP) is 1.68. The molecule has 0 amide bonds. The van der Waals surface area contributed by atoms with Gasteiger partial charge in [0.2, 0.25) is 0 Å². The summed E-state index contributed by atoms with van der Waals surface area (Å²) in [7, 11) is 0. The maximum Gasteiger partial charge on any atom is 0.311 e. The molecular weight excluding hydrogens is 218 g/mol. The predicted molar refractivity (Wildman–Crippen MR) is 56.9 cm³/mol. The van der Waals surface area contributed by atoms with E-state index >= 15 is 0 Å². The molecule has 0 spiro atoms. The molecule has 0 aliphatic carbocycles. The summed E-state index contributed by atoms with van der Waals surface area (Å²) in [5.74, 6) is -1.91. The molecule has 1 aromatic carbocycles. The highest BCUT2D eigenvalue weighted by atomic mass is 35.5. The number of aliphatic carboxylic acids is 1. The van der Waals surface area contributed by atoms with E-state index in [1.807, 2.05) is 0 Å². The van der Waals surface area contributed by atoms with Crippen LogP contribution in [-0.2, 0) is 9.59 Å². The van der Waals surface area contributed by atoms with Gasteiger partial charge in [-0.25, -0.2) is 0 Å². The Morgan fingerprint density at radius 1 is 1.60 bits per heavy atom. The van der Waals surface area contributed by atoms with Crippen LogP contribution < -0.4 is 5.73 Å². The number of hydrogen-bond acceptors (Lipinski definition) is 3. The summed E-state index contributed by atoms with van der Waals surface area (Å²) in [6, 6.07) is 4.55. The van der Waals surface area contributed by atoms with Gasteiger partial charge in [-0.15, -0.1) is 0 Å². The van der Waals surface area contributed by atoms with Gasteiger partial charge in [0.25, 0.3) is 0 Å². The summed E-state index contributed by atoms with van der Waals surface area (Å²) >= 11 is 5.70. The Bertz CT molecular complexity index is 392. The molecule has 5 heteroatoms. The maximum absolute atomic E-state index is 10.9. The molecule has 0 bridgehead atoms. The van der Waals surface area contributed by atoms with Gasteiger partial charge in [0, 0.05) is 6.42 Å². The highest BCUT2D eigenvalue weighted by molar-refractivity contribution is 6.33. The SMILES string of the molecule is Nc1cc(C(CC=O)C(=O)O)ccc1Cl. The van der Waals surface area contributed by atoms with Crippen LogP contribution in [0.1, 0.15) is 17.9 Å². The van der Waals surface area contributed by atoms with E-state index in [2.05, 4.69) is 0 Å². The van der Waals surface area contributed by atoms with Crippen LogP contribution in [0.25, 0.3) is 0 Å². The molecule has 1 atom stereocenters. The molecule has 1 aromatic rings. The first kappa shape index (κ1) is 11.5. The summed E-state index contributed by atoms with van der Waals surface area (Å²) in [5, 5.41) is 9.25. The molecule has 0 aliphatic heterocycles. The van der Waals surface area contributed by atoms with Crippen LogP contribution >= 0.6 is 11.6 Å². The van der Waals surface area contributed by atoms with E-state index < -0.39 is 11.9 Å². The van der Waals surface area contributed by atoms with Gasteiger partial charge in [0.05, 0.1) is 16.6 Å². The fourth-order valence-corrected chi connectivity index (χ4v) is 1.37. The Labute approximate surface area is 91.7 Å². The summed E-state index contributed by atoms with van der Waals surface area (Å²) in [6.45, 7) is 0. The van der Waals surface area contributed by atoms with E-state index in [4.69, 9.17) is 22.4 Å². The minimum Gasteiger partial charge on any atom is -0.481 e. The van der Waals surface area contributed by atoms with Crippen LogP contribution in [0, 0.1) is 0 Å². The van der Waals surface area contributed by atoms with Crippen molar-refractivity contribution in [3.8, 4) is 0 Å². The minimum absolute atomic E-state index is 0.0730. The molecule has 0 saturated heterocycles. The van der Waals surface area contributed by atoms with Crippen LogP contribution in [0.3, 0.4) is 0 Å². The van der Waals surface area contributed by atoms with Gasteiger partial charge >= 0.3 is 5.97 Å². The number of carbonyl (C=O) groups is 2. The summed E-state index contributed by atoms with van der Waals surface area (Å²) < 4.78 is 0. The van der Waals surface area contributed by atoms with Crippen molar-refractivity contribution in [2.75, 3.05) is 5.73 Å². The lowest BCUT2D eigenvalue weighted by Gasteiger charge is -2.10. The Morgan fingerprint density at radius 2 is 2.27 bits per heavy atom. The standard InChI is InChI=1S/C10H10ClNO3/c11-8-2-1-6(5-9(8)12)7(3-4-13)10(14)15/h1-2,4-5,7H,3,12H2,(H,14,15). The molecule has 80 valence electrons. The van der Waals surface area contributed by atoms with Crippen molar-refractivity contribution in [3.63, 3.8) is 0 Å². The third kappa shape index (κ3) is 2.70. The van der Waals surface area contributed by atoms with E-state index in [1.165, 1.54) is 12.1 Å². The fourth-order valence-electron chi connectivity index (χ4n) is 1.25. The van der Waals surface area contributed by atoms with Crippen molar-refractivity contribution in [2.45, 2.75) is 12.3 Å². The fraction of sp³-hybridized carbons (Fsp3) is 0.200. The Hall–Kier alpha value is -1.55. The van der Waals surface area contributed by atoms with Crippen molar-refractivity contribution in [3.05, 3.63) is 28.8 Å². The molecule has 3 N–H and O–H groups in total. The van der Waals surface area contributed by atoms with Gasteiger partial charge in [-0.3, -0.25) is 4.79 Å². The minimum atomic E-state index is -1.05. The highest BCUT2D eigenvalue weighted by Gasteiger charge is 2.19. The summed E-state index contributed by atoms with van der Waals surface area (Å²) in [4.78, 5) is 21.2. The first-order valence-electron chi connectivity index (χ1n) is 4.27. The Balaban J connectivity index is 3.06. The third-order valence-electron chi connectivity index (χ3n) is 2.05. The first-order chi connectivity index (χ1) is 7.06. The quantitative estimate of drug-likeness (QED) is 0.606. The van der Waals surface area contributed by atoms with E-state index in [9.17, 15) is 9.59 Å². The number of halogens is 1. The highest BCUT2D eigenvalue weighted by Crippen LogP contribution is 2.26. The van der Waals surface area contributed by atoms with Gasteiger partial charge < -0.3 is 15.6 Å². The van der Waals surface area contributed by atoms with E-state index in [-0.39, 0.29) is 6.42 Å². The summed E-state index contributed by atoms with van der Waals surface area (Å²) in [6.07, 6.45) is 0.500. The number of nitrogen functional groups attached to an aromatic ring is 1. The zero-order valence-electron chi connectivity index (χ0n) is 7.81. The zero-order valence-corrected chi connectivity index (χ0v) is 8.57. The number of hydrogen-bond donors (Lipinski definition) is 2. The molecular formula is C10H10ClNO3. The topological polar surface area (TPSA) is 80.4 Å². The lowest BCUT2D eigenvalue weighted by molar-refractivity contribution is -0.139. The Kier molecular flexibility index (Phi) is 3.68. The van der Waals surface area contributed by atoms with Crippen molar-refractivity contribution in [1.29, 1.82) is 0 Å². The van der Waals surface area contributed by atoms with Gasteiger partial charge in [-0.1, -0.05) is 17.7 Å². The molecule has 0 aliphatic rings. The second-order valence-electron chi connectivity index (χ2n) is 3.07. The van der Waals surface area contributed by atoms with Gasteiger partial charge in [0.1, 0.15) is 6.29 Å². The number of nitrogens with two attached hydrogens (primary N) is 1. The van der Waals surface area contributed by atoms with E-state index in [0.717, 1.165) is 0 Å². The van der Waals surface area contributed by atoms with Gasteiger partial charge in [-0.2, -0.15) is 0 Å². The van der Waals surface area contributed by atoms with Gasteiger partial charge in [0.15, 0.2) is 0 Å². The van der Waals surface area contributed by atoms with Crippen LogP contribution in [0.2, 0.25) is 5.02 Å². The second kappa shape index (κ2) is 4.79. The Morgan fingerprint density at radius 3 is 2.73 bits per heavy atom. The molecule has 0 fully saturated rings. The number of benzene rings is 1. The van der Waals surface area contributed by atoms with Crippen LogP contribution in [0.4, 0.5) is 5.69 Å². The number of carboxylic acids is 1. The molecule has 1 rings (SSSR count). The van der Waals surface area contributed by atoms with Crippen molar-refractivity contribution >= 4 is 29.5 Å². The molecule has 15 heavy (non-hydrogen) atoms. The lowest BCUT2D eigenvalue weighted by Crippen LogP contribution is -2.12. The molecule has 1 unspecified atom stereocenters. The van der Waals surface area contributed by atoms with Crippen molar-refractivity contribution < 1.29 is 14.7 Å². The monoisotopic (exact) mass is 227 g/mol. The van der Waals surface area contributed by atoms with Crippen molar-refractivity contribution in [1.82, 2.24) is 0 Å². The number of carbonyl (C=O) groups excluding carboxylic acids is 1. The molecule has 0 aromatic heterocycles. The number of aldehydes is 1. The molecule has 4 nitrogen and oxygen atoms in total. The number of carboxylic acid groups (broad SMARTS) is 1. The largest absolute Gasteiger partial charge is 0.481 e. The second-order valence-corrected chi connectivity index (χ2v) is 3.48. The van der Waals surface area contributed by atoms with Crippen LogP contribution in [0.5, 0.6) is 0 Å². The average molecular weight is 228 g/mol. The first-order valence-corrected chi connectivity index (χ1v) is 4.65. The lowest BCUT2D eigenvalue weighted by atomic mass is 9.96. The smallest absolute Gasteiger partial charge is 0.311 e. The van der Waals surface area contributed by atoms with Crippen molar-refractivity contribution in [2.24, 2.45) is 0 Å². The summed E-state index contributed by atoms with van der Waals surface area (Å²) in [5.41, 5.74) is 6.34. The molecule has 0 radical (unpaired) electrons. The molecule has 0 saturated carbocycles. The number of anilines is 1. The number of rotatable bonds is 4. The zero-order chi connectivity index (χ0) is 11.4. The maximum atomic E-state index is 10.9. The average Bonchev–Trinajstić information content (AvgIpc) is 2.18.